The third-order valence-corrected chi connectivity index (χ3v) is 6.42. The number of nitrogens with one attached hydrogen (secondary N) is 1. The van der Waals surface area contributed by atoms with Crippen molar-refractivity contribution >= 4 is 19.9 Å². The van der Waals surface area contributed by atoms with Gasteiger partial charge in [0.25, 0.3) is 0 Å². The Morgan fingerprint density at radius 1 is 0.923 bits per heavy atom. The third-order valence-electron chi connectivity index (χ3n) is 3.85. The van der Waals surface area contributed by atoms with Gasteiger partial charge in [0.1, 0.15) is 0 Å². The number of benzene rings is 2. The van der Waals surface area contributed by atoms with Gasteiger partial charge < -0.3 is 4.90 Å². The molecule has 6 nitrogen and oxygen atoms in total. The van der Waals surface area contributed by atoms with Crippen molar-refractivity contribution in [2.45, 2.75) is 22.8 Å². The molecule has 2 aromatic rings. The molecule has 0 aliphatic carbocycles. The van der Waals surface area contributed by atoms with Crippen LogP contribution in [0.25, 0.3) is 0 Å². The molecule has 0 saturated carbocycles. The molecule has 0 saturated heterocycles. The van der Waals surface area contributed by atoms with E-state index in [4.69, 9.17) is 0 Å². The Bertz CT molecular complexity index is 927. The monoisotopic (exact) mass is 396 g/mol. The zero-order valence-electron chi connectivity index (χ0n) is 14.9. The van der Waals surface area contributed by atoms with Gasteiger partial charge in [0.15, 0.2) is 9.84 Å². The van der Waals surface area contributed by atoms with Gasteiger partial charge in [-0.25, -0.2) is 21.6 Å². The summed E-state index contributed by atoms with van der Waals surface area (Å²) in [7, 11) is -5.20. The molecule has 0 spiro atoms. The fraction of sp³-hybridized carbons (Fsp3) is 0.333. The van der Waals surface area contributed by atoms with Crippen LogP contribution in [0.2, 0.25) is 0 Å². The second-order valence-corrected chi connectivity index (χ2v) is 10.0. The molecule has 2 rings (SSSR count). The van der Waals surface area contributed by atoms with Crippen molar-refractivity contribution < 1.29 is 16.8 Å². The standard InChI is InChI=1S/C18H24N2O4S2/c1-20(15-16-8-4-3-5-9-16)13-7-12-19-26(23,24)18-11-6-10-17(14-18)25(2,21)22/h3-6,8-11,14,19H,7,12-13,15H2,1-2H3. The number of hydrogen-bond donors (Lipinski definition) is 1. The first-order chi connectivity index (χ1) is 12.2. The highest BCUT2D eigenvalue weighted by atomic mass is 32.2. The highest BCUT2D eigenvalue weighted by molar-refractivity contribution is 7.91. The Morgan fingerprint density at radius 2 is 1.58 bits per heavy atom. The number of sulfonamides is 1. The van der Waals surface area contributed by atoms with E-state index in [9.17, 15) is 16.8 Å². The molecule has 2 aromatic carbocycles. The van der Waals surface area contributed by atoms with Gasteiger partial charge in [0.05, 0.1) is 9.79 Å². The van der Waals surface area contributed by atoms with Gasteiger partial charge in [-0.1, -0.05) is 36.4 Å². The van der Waals surface area contributed by atoms with Crippen LogP contribution in [-0.2, 0) is 26.4 Å². The molecule has 142 valence electrons. The van der Waals surface area contributed by atoms with E-state index >= 15 is 0 Å². The van der Waals surface area contributed by atoms with E-state index in [-0.39, 0.29) is 16.3 Å². The van der Waals surface area contributed by atoms with E-state index in [2.05, 4.69) is 9.62 Å². The van der Waals surface area contributed by atoms with Gasteiger partial charge in [0, 0.05) is 19.3 Å². The first-order valence-electron chi connectivity index (χ1n) is 8.21. The minimum Gasteiger partial charge on any atom is -0.302 e. The number of sulfone groups is 1. The van der Waals surface area contributed by atoms with Crippen LogP contribution in [0.3, 0.4) is 0 Å². The van der Waals surface area contributed by atoms with Crippen LogP contribution >= 0.6 is 0 Å². The van der Waals surface area contributed by atoms with Crippen molar-refractivity contribution in [1.82, 2.24) is 9.62 Å². The molecule has 0 radical (unpaired) electrons. The van der Waals surface area contributed by atoms with E-state index in [0.29, 0.717) is 6.42 Å². The molecule has 1 N–H and O–H groups in total. The van der Waals surface area contributed by atoms with Crippen molar-refractivity contribution in [3.63, 3.8) is 0 Å². The summed E-state index contributed by atoms with van der Waals surface area (Å²) in [4.78, 5) is 2.06. The number of hydrogen-bond acceptors (Lipinski definition) is 5. The predicted octanol–water partition coefficient (Wildman–Crippen LogP) is 1.89. The minimum absolute atomic E-state index is 0.0111. The van der Waals surface area contributed by atoms with E-state index < -0.39 is 19.9 Å². The van der Waals surface area contributed by atoms with Crippen molar-refractivity contribution in [1.29, 1.82) is 0 Å². The molecule has 0 heterocycles. The van der Waals surface area contributed by atoms with Gasteiger partial charge in [-0.05, 0) is 43.8 Å². The van der Waals surface area contributed by atoms with Gasteiger partial charge >= 0.3 is 0 Å². The zero-order chi connectivity index (χ0) is 19.2. The fourth-order valence-corrected chi connectivity index (χ4v) is 4.35. The van der Waals surface area contributed by atoms with E-state index in [0.717, 1.165) is 19.3 Å². The summed E-state index contributed by atoms with van der Waals surface area (Å²) in [6.07, 6.45) is 1.70. The van der Waals surface area contributed by atoms with Crippen LogP contribution in [0.5, 0.6) is 0 Å². The van der Waals surface area contributed by atoms with Crippen LogP contribution < -0.4 is 4.72 Å². The van der Waals surface area contributed by atoms with Crippen molar-refractivity contribution in [2.24, 2.45) is 0 Å². The van der Waals surface area contributed by atoms with Crippen LogP contribution in [0.1, 0.15) is 12.0 Å². The summed E-state index contributed by atoms with van der Waals surface area (Å²) < 4.78 is 50.3. The molecule has 0 aromatic heterocycles. The summed E-state index contributed by atoms with van der Waals surface area (Å²) in [5.41, 5.74) is 1.20. The first-order valence-corrected chi connectivity index (χ1v) is 11.6. The molecule has 0 aliphatic rings. The van der Waals surface area contributed by atoms with Crippen molar-refractivity contribution in [3.8, 4) is 0 Å². The van der Waals surface area contributed by atoms with Crippen LogP contribution in [-0.4, -0.2) is 48.1 Å². The van der Waals surface area contributed by atoms with Crippen LogP contribution in [0.15, 0.2) is 64.4 Å². The maximum Gasteiger partial charge on any atom is 0.240 e. The van der Waals surface area contributed by atoms with Gasteiger partial charge in [0.2, 0.25) is 10.0 Å². The molecule has 26 heavy (non-hydrogen) atoms. The summed E-state index contributed by atoms with van der Waals surface area (Å²) in [6, 6.07) is 15.4. The molecule has 8 heteroatoms. The SMILES string of the molecule is CN(CCCNS(=O)(=O)c1cccc(S(C)(=O)=O)c1)Cc1ccccc1. The lowest BCUT2D eigenvalue weighted by molar-refractivity contribution is 0.322. The maximum absolute atomic E-state index is 12.3. The van der Waals surface area contributed by atoms with E-state index in [1.54, 1.807) is 0 Å². The average Bonchev–Trinajstić information content (AvgIpc) is 2.59. The lowest BCUT2D eigenvalue weighted by Crippen LogP contribution is -2.28. The van der Waals surface area contributed by atoms with Crippen LogP contribution in [0, 0.1) is 0 Å². The second kappa shape index (κ2) is 8.77. The largest absolute Gasteiger partial charge is 0.302 e. The highest BCUT2D eigenvalue weighted by Gasteiger charge is 2.16. The quantitative estimate of drug-likeness (QED) is 0.655. The van der Waals surface area contributed by atoms with E-state index in [1.807, 2.05) is 37.4 Å². The summed E-state index contributed by atoms with van der Waals surface area (Å²) in [5.74, 6) is 0. The molecular formula is C18H24N2O4S2. The Labute approximate surface area is 155 Å². The molecule has 0 fully saturated rings. The summed E-state index contributed by atoms with van der Waals surface area (Å²) in [5, 5.41) is 0. The Kier molecular flexibility index (Phi) is 6.94. The summed E-state index contributed by atoms with van der Waals surface area (Å²) in [6.45, 7) is 1.81. The normalized spacial score (nSPS) is 12.4. The molecular weight excluding hydrogens is 372 g/mol. The molecule has 0 bridgehead atoms. The van der Waals surface area contributed by atoms with E-state index in [1.165, 1.54) is 29.8 Å². The van der Waals surface area contributed by atoms with Gasteiger partial charge in [-0.2, -0.15) is 0 Å². The maximum atomic E-state index is 12.3. The third kappa shape index (κ3) is 6.21. The average molecular weight is 397 g/mol. The van der Waals surface area contributed by atoms with Crippen molar-refractivity contribution in [2.75, 3.05) is 26.4 Å². The molecule has 0 amide bonds. The number of rotatable bonds is 9. The molecule has 0 aliphatic heterocycles. The Balaban J connectivity index is 1.87. The second-order valence-electron chi connectivity index (χ2n) is 6.22. The fourth-order valence-electron chi connectivity index (χ4n) is 2.49. The van der Waals surface area contributed by atoms with Crippen molar-refractivity contribution in [3.05, 3.63) is 60.2 Å². The smallest absolute Gasteiger partial charge is 0.240 e. The van der Waals surface area contributed by atoms with Gasteiger partial charge in [-0.3, -0.25) is 0 Å². The predicted molar refractivity (Wildman–Crippen MR) is 102 cm³/mol. The number of nitrogens with zero attached hydrogens (tertiary/aromatic N) is 1. The molecule has 0 atom stereocenters. The van der Waals surface area contributed by atoms with Gasteiger partial charge in [-0.15, -0.1) is 0 Å². The molecule has 0 unspecified atom stereocenters. The summed E-state index contributed by atoms with van der Waals surface area (Å²) >= 11 is 0. The zero-order valence-corrected chi connectivity index (χ0v) is 16.6. The lowest BCUT2D eigenvalue weighted by Gasteiger charge is -2.16. The minimum atomic E-state index is -3.73. The highest BCUT2D eigenvalue weighted by Crippen LogP contribution is 2.15. The lowest BCUT2D eigenvalue weighted by atomic mass is 10.2. The Hall–Kier alpha value is -1.74. The topological polar surface area (TPSA) is 83.6 Å². The van der Waals surface area contributed by atoms with Crippen LogP contribution in [0.4, 0.5) is 0 Å². The Morgan fingerprint density at radius 3 is 2.23 bits per heavy atom. The first kappa shape index (κ1) is 20.6.